The van der Waals surface area contributed by atoms with Crippen molar-refractivity contribution in [1.82, 2.24) is 20.3 Å². The molecule has 3 aromatic rings. The molecule has 1 atom stereocenters. The van der Waals surface area contributed by atoms with Gasteiger partial charge in [-0.05, 0) is 31.5 Å². The number of hydrogen-bond donors (Lipinski definition) is 1. The molecular formula is C20H23BrN4O. The highest BCUT2D eigenvalue weighted by atomic mass is 79.9. The molecule has 0 spiro atoms. The summed E-state index contributed by atoms with van der Waals surface area (Å²) in [7, 11) is 0. The number of hydrogen-bond acceptors (Lipinski definition) is 4. The number of rotatable bonds is 5. The Kier molecular flexibility index (Phi) is 4.96. The van der Waals surface area contributed by atoms with Gasteiger partial charge >= 0.3 is 0 Å². The predicted molar refractivity (Wildman–Crippen MR) is 105 cm³/mol. The summed E-state index contributed by atoms with van der Waals surface area (Å²) in [5.74, 6) is 1.33. The average Bonchev–Trinajstić information content (AvgIpc) is 3.35. The summed E-state index contributed by atoms with van der Waals surface area (Å²) in [4.78, 5) is 2.48. The third-order valence-electron chi connectivity index (χ3n) is 5.03. The molecule has 3 heterocycles. The number of aromatic amines is 1. The van der Waals surface area contributed by atoms with Gasteiger partial charge in [0.1, 0.15) is 11.5 Å². The Morgan fingerprint density at radius 1 is 1.35 bits per heavy atom. The Morgan fingerprint density at radius 2 is 2.23 bits per heavy atom. The fraction of sp³-hybridized carbons (Fsp3) is 0.400. The van der Waals surface area contributed by atoms with Crippen molar-refractivity contribution >= 4 is 15.9 Å². The van der Waals surface area contributed by atoms with Crippen molar-refractivity contribution in [2.24, 2.45) is 0 Å². The van der Waals surface area contributed by atoms with Crippen molar-refractivity contribution in [3.63, 3.8) is 0 Å². The van der Waals surface area contributed by atoms with Crippen molar-refractivity contribution in [3.05, 3.63) is 58.0 Å². The van der Waals surface area contributed by atoms with E-state index in [-0.39, 0.29) is 0 Å². The Labute approximate surface area is 161 Å². The molecule has 1 aromatic carbocycles. The fourth-order valence-corrected chi connectivity index (χ4v) is 4.03. The molecule has 0 bridgehead atoms. The minimum absolute atomic E-state index is 0.316. The molecule has 136 valence electrons. The number of halogens is 1. The van der Waals surface area contributed by atoms with Gasteiger partial charge in [0.15, 0.2) is 0 Å². The van der Waals surface area contributed by atoms with Crippen LogP contribution in [0.3, 0.4) is 0 Å². The van der Waals surface area contributed by atoms with Crippen LogP contribution in [-0.2, 0) is 6.54 Å². The molecule has 0 aliphatic carbocycles. The Morgan fingerprint density at radius 3 is 3.00 bits per heavy atom. The zero-order valence-corrected chi connectivity index (χ0v) is 16.7. The number of nitrogens with zero attached hydrogens (tertiary/aromatic N) is 3. The van der Waals surface area contributed by atoms with Crippen molar-refractivity contribution < 1.29 is 4.52 Å². The molecule has 0 amide bonds. The van der Waals surface area contributed by atoms with Gasteiger partial charge in [-0.3, -0.25) is 10.00 Å². The third kappa shape index (κ3) is 3.48. The molecule has 1 aliphatic heterocycles. The van der Waals surface area contributed by atoms with Crippen molar-refractivity contribution in [3.8, 4) is 11.3 Å². The highest BCUT2D eigenvalue weighted by molar-refractivity contribution is 9.10. The summed E-state index contributed by atoms with van der Waals surface area (Å²) in [6.07, 6.45) is 4.24. The summed E-state index contributed by atoms with van der Waals surface area (Å²) in [6, 6.07) is 10.7. The first-order valence-electron chi connectivity index (χ1n) is 9.10. The van der Waals surface area contributed by atoms with E-state index in [9.17, 15) is 0 Å². The van der Waals surface area contributed by atoms with Crippen LogP contribution in [0.2, 0.25) is 0 Å². The molecule has 1 saturated heterocycles. The molecule has 2 aromatic heterocycles. The standard InChI is InChI=1S/C20H23BrN4O/c1-13(2)19-10-17(24-26-19)18-7-4-8-25(18)12-15-11-22-23-20(15)14-5-3-6-16(21)9-14/h3,5-6,9-11,13,18H,4,7-8,12H2,1-2H3,(H,22,23). The quantitative estimate of drug-likeness (QED) is 0.616. The summed E-state index contributed by atoms with van der Waals surface area (Å²) in [5.41, 5.74) is 4.49. The van der Waals surface area contributed by atoms with E-state index in [1.165, 1.54) is 12.0 Å². The predicted octanol–water partition coefficient (Wildman–Crippen LogP) is 5.29. The maximum absolute atomic E-state index is 5.53. The highest BCUT2D eigenvalue weighted by Gasteiger charge is 2.30. The van der Waals surface area contributed by atoms with E-state index in [2.05, 4.69) is 68.2 Å². The lowest BCUT2D eigenvalue weighted by molar-refractivity contribution is 0.236. The molecule has 5 nitrogen and oxygen atoms in total. The second-order valence-electron chi connectivity index (χ2n) is 7.22. The van der Waals surface area contributed by atoms with Crippen LogP contribution in [0.25, 0.3) is 11.3 Å². The topological polar surface area (TPSA) is 58.0 Å². The van der Waals surface area contributed by atoms with Crippen LogP contribution in [0, 0.1) is 0 Å². The molecule has 4 rings (SSSR count). The average molecular weight is 415 g/mol. The first-order valence-corrected chi connectivity index (χ1v) is 9.90. The fourth-order valence-electron chi connectivity index (χ4n) is 3.63. The van der Waals surface area contributed by atoms with E-state index in [1.807, 2.05) is 18.3 Å². The largest absolute Gasteiger partial charge is 0.361 e. The first-order chi connectivity index (χ1) is 12.6. The van der Waals surface area contributed by atoms with Crippen molar-refractivity contribution in [2.45, 2.75) is 45.2 Å². The van der Waals surface area contributed by atoms with Gasteiger partial charge < -0.3 is 4.52 Å². The molecule has 26 heavy (non-hydrogen) atoms. The number of nitrogens with one attached hydrogen (secondary N) is 1. The summed E-state index contributed by atoms with van der Waals surface area (Å²) in [6.45, 7) is 6.18. The lowest BCUT2D eigenvalue weighted by Gasteiger charge is -2.22. The van der Waals surface area contributed by atoms with Crippen LogP contribution in [-0.4, -0.2) is 26.8 Å². The maximum atomic E-state index is 5.53. The third-order valence-corrected chi connectivity index (χ3v) is 5.52. The summed E-state index contributed by atoms with van der Waals surface area (Å²) < 4.78 is 6.60. The van der Waals surface area contributed by atoms with Gasteiger partial charge in [0.2, 0.25) is 0 Å². The van der Waals surface area contributed by atoms with E-state index < -0.39 is 0 Å². The van der Waals surface area contributed by atoms with Crippen LogP contribution in [0.1, 0.15) is 55.7 Å². The number of aromatic nitrogens is 3. The minimum atomic E-state index is 0.316. The lowest BCUT2D eigenvalue weighted by atomic mass is 10.1. The van der Waals surface area contributed by atoms with Gasteiger partial charge in [-0.15, -0.1) is 0 Å². The van der Waals surface area contributed by atoms with Crippen LogP contribution in [0.15, 0.2) is 45.5 Å². The smallest absolute Gasteiger partial charge is 0.139 e. The number of H-pyrrole nitrogens is 1. The van der Waals surface area contributed by atoms with Crippen LogP contribution in [0.5, 0.6) is 0 Å². The van der Waals surface area contributed by atoms with E-state index in [0.29, 0.717) is 12.0 Å². The SMILES string of the molecule is CC(C)c1cc(C2CCCN2Cc2cn[nH]c2-c2cccc(Br)c2)no1. The van der Waals surface area contributed by atoms with Crippen molar-refractivity contribution in [2.75, 3.05) is 6.54 Å². The van der Waals surface area contributed by atoms with E-state index >= 15 is 0 Å². The van der Waals surface area contributed by atoms with Gasteiger partial charge in [0.05, 0.1) is 17.9 Å². The van der Waals surface area contributed by atoms with E-state index in [0.717, 1.165) is 46.7 Å². The van der Waals surface area contributed by atoms with Gasteiger partial charge in [-0.1, -0.05) is 47.1 Å². The van der Waals surface area contributed by atoms with Gasteiger partial charge in [-0.25, -0.2) is 0 Å². The maximum Gasteiger partial charge on any atom is 0.139 e. The van der Waals surface area contributed by atoms with Gasteiger partial charge in [-0.2, -0.15) is 5.10 Å². The monoisotopic (exact) mass is 414 g/mol. The molecule has 1 fully saturated rings. The molecule has 1 N–H and O–H groups in total. The second kappa shape index (κ2) is 7.37. The van der Waals surface area contributed by atoms with Gasteiger partial charge in [0, 0.05) is 34.1 Å². The lowest BCUT2D eigenvalue weighted by Crippen LogP contribution is -2.23. The van der Waals surface area contributed by atoms with E-state index in [4.69, 9.17) is 4.52 Å². The zero-order chi connectivity index (χ0) is 18.1. The minimum Gasteiger partial charge on any atom is -0.361 e. The van der Waals surface area contributed by atoms with Crippen LogP contribution in [0.4, 0.5) is 0 Å². The van der Waals surface area contributed by atoms with E-state index in [1.54, 1.807) is 0 Å². The molecule has 6 heteroatoms. The Balaban J connectivity index is 1.56. The molecule has 1 aliphatic rings. The zero-order valence-electron chi connectivity index (χ0n) is 15.1. The Bertz CT molecular complexity index is 885. The second-order valence-corrected chi connectivity index (χ2v) is 8.13. The first kappa shape index (κ1) is 17.5. The molecule has 1 unspecified atom stereocenters. The van der Waals surface area contributed by atoms with Crippen LogP contribution >= 0.6 is 15.9 Å². The molecule has 0 saturated carbocycles. The molecule has 0 radical (unpaired) electrons. The normalized spacial score (nSPS) is 18.1. The number of likely N-dealkylation sites (tertiary alicyclic amines) is 1. The molecular weight excluding hydrogens is 392 g/mol. The van der Waals surface area contributed by atoms with Crippen LogP contribution < -0.4 is 0 Å². The summed E-state index contributed by atoms with van der Waals surface area (Å²) >= 11 is 3.55. The Hall–Kier alpha value is -1.92. The summed E-state index contributed by atoms with van der Waals surface area (Å²) in [5, 5.41) is 11.8. The van der Waals surface area contributed by atoms with Crippen molar-refractivity contribution in [1.29, 1.82) is 0 Å². The van der Waals surface area contributed by atoms with Gasteiger partial charge in [0.25, 0.3) is 0 Å². The highest BCUT2D eigenvalue weighted by Crippen LogP contribution is 2.35. The number of benzene rings is 1.